The summed E-state index contributed by atoms with van der Waals surface area (Å²) in [5.74, 6) is 0. The zero-order valence-corrected chi connectivity index (χ0v) is 19.0. The van der Waals surface area contributed by atoms with Gasteiger partial charge < -0.3 is 4.57 Å². The van der Waals surface area contributed by atoms with Crippen LogP contribution in [-0.4, -0.2) is 4.57 Å². The number of hydrogen-bond donors (Lipinski definition) is 0. The van der Waals surface area contributed by atoms with E-state index < -0.39 is 0 Å². The van der Waals surface area contributed by atoms with Crippen molar-refractivity contribution in [2.45, 2.75) is 31.1 Å². The molecule has 1 saturated carbocycles. The van der Waals surface area contributed by atoms with Gasteiger partial charge in [-0.05, 0) is 59.9 Å². The van der Waals surface area contributed by atoms with Gasteiger partial charge in [-0.25, -0.2) is 0 Å². The van der Waals surface area contributed by atoms with Gasteiger partial charge in [0.05, 0.1) is 21.7 Å². The lowest BCUT2D eigenvalue weighted by molar-refractivity contribution is 0.550. The van der Waals surface area contributed by atoms with Crippen LogP contribution in [0.4, 0.5) is 0 Å². The second-order valence-electron chi connectivity index (χ2n) is 9.17. The molecule has 7 rings (SSSR count). The molecule has 0 aliphatic heterocycles. The topological polar surface area (TPSA) is 4.93 Å². The molecule has 1 heterocycles. The fourth-order valence-electron chi connectivity index (χ4n) is 6.42. The number of para-hydroxylation sites is 2. The second-order valence-corrected chi connectivity index (χ2v) is 10.0. The number of rotatable bonds is 1. The van der Waals surface area contributed by atoms with E-state index in [2.05, 4.69) is 71.3 Å². The van der Waals surface area contributed by atoms with Crippen LogP contribution in [0.1, 0.15) is 36.8 Å². The minimum absolute atomic E-state index is 0.102. The van der Waals surface area contributed by atoms with Crippen molar-refractivity contribution in [3.63, 3.8) is 0 Å². The second kappa shape index (κ2) is 6.63. The fourth-order valence-corrected chi connectivity index (χ4v) is 6.81. The van der Waals surface area contributed by atoms with E-state index in [0.717, 1.165) is 15.7 Å². The molecule has 156 valence electrons. The summed E-state index contributed by atoms with van der Waals surface area (Å²) in [5.41, 5.74) is 9.06. The van der Waals surface area contributed by atoms with Gasteiger partial charge in [0, 0.05) is 26.8 Å². The van der Waals surface area contributed by atoms with Crippen LogP contribution in [0.25, 0.3) is 38.6 Å². The van der Waals surface area contributed by atoms with Gasteiger partial charge in [-0.2, -0.15) is 0 Å². The summed E-state index contributed by atoms with van der Waals surface area (Å²) < 4.78 is 2.37. The van der Waals surface area contributed by atoms with Crippen LogP contribution in [0.5, 0.6) is 0 Å². The molecule has 0 saturated heterocycles. The van der Waals surface area contributed by atoms with Crippen molar-refractivity contribution in [2.75, 3.05) is 0 Å². The molecule has 1 aromatic heterocycles. The molecule has 0 N–H and O–H groups in total. The van der Waals surface area contributed by atoms with Gasteiger partial charge in [0.2, 0.25) is 0 Å². The average molecular weight is 454 g/mol. The van der Waals surface area contributed by atoms with Crippen molar-refractivity contribution in [1.82, 2.24) is 4.57 Å². The van der Waals surface area contributed by atoms with Gasteiger partial charge in [-0.3, -0.25) is 0 Å². The highest BCUT2D eigenvalue weighted by molar-refractivity contribution is 6.33. The largest absolute Gasteiger partial charge is 0.307 e. The molecule has 32 heavy (non-hydrogen) atoms. The third-order valence-corrected chi connectivity index (χ3v) is 8.22. The zero-order chi connectivity index (χ0) is 21.4. The number of fused-ring (bicyclic) bond motifs is 9. The molecular weight excluding hydrogens is 433 g/mol. The number of hydrogen-bond acceptors (Lipinski definition) is 0. The maximum absolute atomic E-state index is 6.77. The maximum atomic E-state index is 6.77. The fraction of sp³-hybridized carbons (Fsp3) is 0.172. The molecular formula is C29H21Cl2N. The molecule has 2 aliphatic carbocycles. The first kappa shape index (κ1) is 18.8. The summed E-state index contributed by atoms with van der Waals surface area (Å²) in [6.07, 6.45) is 4.94. The van der Waals surface area contributed by atoms with Crippen LogP contribution in [0, 0.1) is 0 Å². The predicted octanol–water partition coefficient (Wildman–Crippen LogP) is 8.93. The Labute approximate surface area is 197 Å². The van der Waals surface area contributed by atoms with Crippen molar-refractivity contribution < 1.29 is 0 Å². The smallest absolute Gasteiger partial charge is 0.0648 e. The number of aromatic nitrogens is 1. The molecule has 0 unspecified atom stereocenters. The van der Waals surface area contributed by atoms with Gasteiger partial charge in [0.25, 0.3) is 0 Å². The first-order valence-corrected chi connectivity index (χ1v) is 12.1. The molecule has 1 nitrogen and oxygen atoms in total. The lowest BCUT2D eigenvalue weighted by Gasteiger charge is -2.26. The van der Waals surface area contributed by atoms with E-state index in [0.29, 0.717) is 0 Å². The van der Waals surface area contributed by atoms with Crippen LogP contribution >= 0.6 is 23.2 Å². The van der Waals surface area contributed by atoms with E-state index in [1.807, 2.05) is 12.1 Å². The lowest BCUT2D eigenvalue weighted by atomic mass is 9.77. The number of nitrogens with zero attached hydrogens (tertiary/aromatic N) is 1. The van der Waals surface area contributed by atoms with Crippen molar-refractivity contribution in [2.24, 2.45) is 0 Å². The Balaban J connectivity index is 1.72. The monoisotopic (exact) mass is 453 g/mol. The minimum atomic E-state index is 0.102. The van der Waals surface area contributed by atoms with Gasteiger partial charge in [0.15, 0.2) is 0 Å². The molecule has 1 fully saturated rings. The third-order valence-electron chi connectivity index (χ3n) is 7.67. The van der Waals surface area contributed by atoms with Crippen LogP contribution in [-0.2, 0) is 5.41 Å². The quantitative estimate of drug-likeness (QED) is 0.238. The molecule has 0 atom stereocenters. The molecule has 1 spiro atoms. The molecule has 0 amide bonds. The summed E-state index contributed by atoms with van der Waals surface area (Å²) in [4.78, 5) is 0. The Morgan fingerprint density at radius 3 is 2.31 bits per heavy atom. The molecule has 0 bridgehead atoms. The van der Waals surface area contributed by atoms with Gasteiger partial charge in [-0.1, -0.05) is 84.6 Å². The van der Waals surface area contributed by atoms with Crippen molar-refractivity contribution in [3.8, 4) is 16.8 Å². The Hall–Kier alpha value is -2.74. The lowest BCUT2D eigenvalue weighted by Crippen LogP contribution is -2.20. The summed E-state index contributed by atoms with van der Waals surface area (Å²) in [6, 6.07) is 28.0. The predicted molar refractivity (Wildman–Crippen MR) is 135 cm³/mol. The highest BCUT2D eigenvalue weighted by Gasteiger charge is 2.46. The Bertz CT molecular complexity index is 1550. The van der Waals surface area contributed by atoms with Crippen molar-refractivity contribution in [3.05, 3.63) is 100 Å². The summed E-state index contributed by atoms with van der Waals surface area (Å²) in [7, 11) is 0. The summed E-state index contributed by atoms with van der Waals surface area (Å²) in [5, 5.41) is 4.07. The molecule has 3 heteroatoms. The Morgan fingerprint density at radius 1 is 0.719 bits per heavy atom. The van der Waals surface area contributed by atoms with Gasteiger partial charge in [0.1, 0.15) is 0 Å². The molecule has 5 aromatic rings. The molecule has 0 radical (unpaired) electrons. The SMILES string of the molecule is Clc1ccc2c(c1)-c1c(ccc3c4ccccc4n(-c4ccccc4Cl)c13)C21CCCC1. The van der Waals surface area contributed by atoms with E-state index in [1.165, 1.54) is 69.7 Å². The van der Waals surface area contributed by atoms with E-state index in [9.17, 15) is 0 Å². The average Bonchev–Trinajstić information content (AvgIpc) is 3.49. The molecule has 4 aromatic carbocycles. The molecule has 2 aliphatic rings. The summed E-state index contributed by atoms with van der Waals surface area (Å²) >= 11 is 13.3. The Kier molecular flexibility index (Phi) is 3.90. The van der Waals surface area contributed by atoms with E-state index in [1.54, 1.807) is 0 Å². The van der Waals surface area contributed by atoms with Crippen LogP contribution in [0.3, 0.4) is 0 Å². The van der Waals surface area contributed by atoms with E-state index in [-0.39, 0.29) is 5.41 Å². The highest BCUT2D eigenvalue weighted by atomic mass is 35.5. The van der Waals surface area contributed by atoms with Crippen LogP contribution in [0.2, 0.25) is 10.0 Å². The van der Waals surface area contributed by atoms with Crippen molar-refractivity contribution in [1.29, 1.82) is 0 Å². The summed E-state index contributed by atoms with van der Waals surface area (Å²) in [6.45, 7) is 0. The standard InChI is InChI=1S/C29H21Cl2N/c30-18-11-13-22-21(17-18)27-23(29(22)15-5-6-16-29)14-12-20-19-7-1-3-9-25(19)32(28(20)27)26-10-4-2-8-24(26)31/h1-4,7-14,17H,5-6,15-16H2. The number of benzene rings is 4. The maximum Gasteiger partial charge on any atom is 0.0648 e. The third kappa shape index (κ3) is 2.31. The minimum Gasteiger partial charge on any atom is -0.307 e. The van der Waals surface area contributed by atoms with Gasteiger partial charge >= 0.3 is 0 Å². The first-order valence-electron chi connectivity index (χ1n) is 11.3. The Morgan fingerprint density at radius 2 is 1.47 bits per heavy atom. The van der Waals surface area contributed by atoms with Crippen LogP contribution in [0.15, 0.2) is 78.9 Å². The van der Waals surface area contributed by atoms with Crippen LogP contribution < -0.4 is 0 Å². The normalized spacial score (nSPS) is 16.2. The van der Waals surface area contributed by atoms with E-state index >= 15 is 0 Å². The van der Waals surface area contributed by atoms with Gasteiger partial charge in [-0.15, -0.1) is 0 Å². The highest BCUT2D eigenvalue weighted by Crippen LogP contribution is 2.59. The van der Waals surface area contributed by atoms with Crippen molar-refractivity contribution >= 4 is 45.0 Å². The van der Waals surface area contributed by atoms with E-state index in [4.69, 9.17) is 23.2 Å². The zero-order valence-electron chi connectivity index (χ0n) is 17.5. The first-order chi connectivity index (χ1) is 15.7. The number of halogens is 2.